The lowest BCUT2D eigenvalue weighted by atomic mass is 10.0. The van der Waals surface area contributed by atoms with Gasteiger partial charge in [0.2, 0.25) is 0 Å². The molecule has 0 fully saturated rings. The van der Waals surface area contributed by atoms with Crippen molar-refractivity contribution in [1.29, 1.82) is 0 Å². The van der Waals surface area contributed by atoms with Crippen LogP contribution in [0.15, 0.2) is 41.0 Å². The zero-order valence-corrected chi connectivity index (χ0v) is 11.3. The van der Waals surface area contributed by atoms with Crippen LogP contribution < -0.4 is 5.73 Å². The molecule has 1 unspecified atom stereocenters. The Balaban J connectivity index is 2.10. The predicted octanol–water partition coefficient (Wildman–Crippen LogP) is 3.44. The van der Waals surface area contributed by atoms with Gasteiger partial charge in [0.25, 0.3) is 0 Å². The average molecular weight is 327 g/mol. The Bertz CT molecular complexity index is 461. The summed E-state index contributed by atoms with van der Waals surface area (Å²) in [5, 5.41) is 0. The van der Waals surface area contributed by atoms with Gasteiger partial charge in [0.05, 0.1) is 12.3 Å². The van der Waals surface area contributed by atoms with Crippen molar-refractivity contribution < 1.29 is 4.42 Å². The Labute approximate surface area is 109 Å². The molecule has 0 aliphatic heterocycles. The maximum atomic E-state index is 6.11. The van der Waals surface area contributed by atoms with Crippen LogP contribution in [0.4, 0.5) is 0 Å². The van der Waals surface area contributed by atoms with E-state index in [0.29, 0.717) is 0 Å². The van der Waals surface area contributed by atoms with E-state index in [-0.39, 0.29) is 6.04 Å². The zero-order valence-electron chi connectivity index (χ0n) is 9.11. The Morgan fingerprint density at radius 2 is 1.94 bits per heavy atom. The van der Waals surface area contributed by atoms with Crippen LogP contribution in [0.2, 0.25) is 0 Å². The second kappa shape index (κ2) is 5.01. The Morgan fingerprint density at radius 1 is 1.25 bits per heavy atom. The number of benzene rings is 1. The van der Waals surface area contributed by atoms with Crippen LogP contribution in [0, 0.1) is 10.5 Å². The highest BCUT2D eigenvalue weighted by atomic mass is 127. The van der Waals surface area contributed by atoms with Gasteiger partial charge in [-0.3, -0.25) is 0 Å². The fourth-order valence-corrected chi connectivity index (χ4v) is 2.09. The molecule has 2 rings (SSSR count). The maximum Gasteiger partial charge on any atom is 0.123 e. The molecule has 0 spiro atoms. The van der Waals surface area contributed by atoms with Gasteiger partial charge in [0.1, 0.15) is 5.76 Å². The van der Waals surface area contributed by atoms with Crippen molar-refractivity contribution in [3.63, 3.8) is 0 Å². The molecule has 0 saturated heterocycles. The van der Waals surface area contributed by atoms with Gasteiger partial charge in [-0.25, -0.2) is 0 Å². The molecule has 2 aromatic rings. The second-order valence-corrected chi connectivity index (χ2v) is 5.15. The Kier molecular flexibility index (Phi) is 3.66. The maximum absolute atomic E-state index is 6.11. The number of furan rings is 1. The van der Waals surface area contributed by atoms with Gasteiger partial charge in [-0.2, -0.15) is 0 Å². The average Bonchev–Trinajstić information content (AvgIpc) is 2.68. The lowest BCUT2D eigenvalue weighted by Crippen LogP contribution is -2.13. The molecule has 1 aromatic heterocycles. The number of aryl methyl sites for hydroxylation is 1. The molecule has 3 heteroatoms. The SMILES string of the molecule is Cc1ccoc1C(N)Cc1ccc(I)cc1. The van der Waals surface area contributed by atoms with Crippen LogP contribution in [0.1, 0.15) is 22.9 Å². The van der Waals surface area contributed by atoms with E-state index >= 15 is 0 Å². The van der Waals surface area contributed by atoms with Crippen molar-refractivity contribution >= 4 is 22.6 Å². The molecule has 2 N–H and O–H groups in total. The third-order valence-corrected chi connectivity index (χ3v) is 3.33. The van der Waals surface area contributed by atoms with Gasteiger partial charge >= 0.3 is 0 Å². The van der Waals surface area contributed by atoms with Crippen molar-refractivity contribution in [3.8, 4) is 0 Å². The summed E-state index contributed by atoms with van der Waals surface area (Å²) in [6.45, 7) is 2.02. The van der Waals surface area contributed by atoms with Gasteiger partial charge < -0.3 is 10.2 Å². The smallest absolute Gasteiger partial charge is 0.123 e. The second-order valence-electron chi connectivity index (χ2n) is 3.90. The first-order valence-electron chi connectivity index (χ1n) is 5.21. The third kappa shape index (κ3) is 2.65. The van der Waals surface area contributed by atoms with Crippen LogP contribution in [-0.2, 0) is 6.42 Å². The summed E-state index contributed by atoms with van der Waals surface area (Å²) >= 11 is 2.30. The van der Waals surface area contributed by atoms with Crippen LogP contribution in [0.25, 0.3) is 0 Å². The lowest BCUT2D eigenvalue weighted by Gasteiger charge is -2.10. The molecule has 2 nitrogen and oxygen atoms in total. The quantitative estimate of drug-likeness (QED) is 0.877. The van der Waals surface area contributed by atoms with Crippen molar-refractivity contribution in [1.82, 2.24) is 0 Å². The minimum absolute atomic E-state index is 0.0601. The first-order valence-corrected chi connectivity index (χ1v) is 6.28. The molecular weight excluding hydrogens is 313 g/mol. The van der Waals surface area contributed by atoms with Crippen molar-refractivity contribution in [3.05, 3.63) is 57.1 Å². The van der Waals surface area contributed by atoms with Crippen LogP contribution >= 0.6 is 22.6 Å². The van der Waals surface area contributed by atoms with Gasteiger partial charge in [0, 0.05) is 3.57 Å². The van der Waals surface area contributed by atoms with E-state index < -0.39 is 0 Å². The standard InChI is InChI=1S/C13H14INO/c1-9-6-7-16-13(9)12(15)8-10-2-4-11(14)5-3-10/h2-7,12H,8,15H2,1H3. The van der Waals surface area contributed by atoms with Crippen LogP contribution in [-0.4, -0.2) is 0 Å². The van der Waals surface area contributed by atoms with E-state index in [1.165, 1.54) is 9.13 Å². The van der Waals surface area contributed by atoms with Gasteiger partial charge in [-0.1, -0.05) is 12.1 Å². The molecule has 16 heavy (non-hydrogen) atoms. The summed E-state index contributed by atoms with van der Waals surface area (Å²) in [4.78, 5) is 0. The number of hydrogen-bond donors (Lipinski definition) is 1. The molecule has 0 aliphatic rings. The van der Waals surface area contributed by atoms with E-state index in [1.807, 2.05) is 13.0 Å². The number of nitrogens with two attached hydrogens (primary N) is 1. The van der Waals surface area contributed by atoms with E-state index in [1.54, 1.807) is 6.26 Å². The van der Waals surface area contributed by atoms with E-state index in [9.17, 15) is 0 Å². The van der Waals surface area contributed by atoms with Gasteiger partial charge in [-0.05, 0) is 65.3 Å². The molecule has 1 atom stereocenters. The Hall–Kier alpha value is -0.810. The minimum Gasteiger partial charge on any atom is -0.467 e. The van der Waals surface area contributed by atoms with E-state index in [2.05, 4.69) is 46.9 Å². The molecule has 0 bridgehead atoms. The minimum atomic E-state index is -0.0601. The highest BCUT2D eigenvalue weighted by Crippen LogP contribution is 2.20. The highest BCUT2D eigenvalue weighted by Gasteiger charge is 2.12. The highest BCUT2D eigenvalue weighted by molar-refractivity contribution is 14.1. The summed E-state index contributed by atoms with van der Waals surface area (Å²) in [5.74, 6) is 0.888. The molecule has 84 valence electrons. The Morgan fingerprint density at radius 3 is 2.50 bits per heavy atom. The molecular formula is C13H14INO. The third-order valence-electron chi connectivity index (χ3n) is 2.61. The first-order chi connectivity index (χ1) is 7.66. The monoisotopic (exact) mass is 327 g/mol. The summed E-state index contributed by atoms with van der Waals surface area (Å²) in [6, 6.07) is 10.3. The molecule has 0 aliphatic carbocycles. The fourth-order valence-electron chi connectivity index (χ4n) is 1.73. The normalized spacial score (nSPS) is 12.7. The number of hydrogen-bond acceptors (Lipinski definition) is 2. The molecule has 1 heterocycles. The molecule has 0 amide bonds. The topological polar surface area (TPSA) is 39.2 Å². The van der Waals surface area contributed by atoms with E-state index in [4.69, 9.17) is 10.2 Å². The molecule has 1 aromatic carbocycles. The van der Waals surface area contributed by atoms with Gasteiger partial charge in [-0.15, -0.1) is 0 Å². The summed E-state index contributed by atoms with van der Waals surface area (Å²) in [5.41, 5.74) is 8.48. The largest absolute Gasteiger partial charge is 0.467 e. The van der Waals surface area contributed by atoms with Gasteiger partial charge in [0.15, 0.2) is 0 Å². The molecule has 0 radical (unpaired) electrons. The van der Waals surface area contributed by atoms with Crippen LogP contribution in [0.5, 0.6) is 0 Å². The lowest BCUT2D eigenvalue weighted by molar-refractivity contribution is 0.461. The summed E-state index contributed by atoms with van der Waals surface area (Å²) in [6.07, 6.45) is 2.50. The fraction of sp³-hybridized carbons (Fsp3) is 0.231. The summed E-state index contributed by atoms with van der Waals surface area (Å²) < 4.78 is 6.64. The first kappa shape index (κ1) is 11.7. The van der Waals surface area contributed by atoms with E-state index in [0.717, 1.165) is 17.7 Å². The molecule has 0 saturated carbocycles. The van der Waals surface area contributed by atoms with Crippen molar-refractivity contribution in [2.24, 2.45) is 5.73 Å². The number of halogens is 1. The van der Waals surface area contributed by atoms with Crippen molar-refractivity contribution in [2.45, 2.75) is 19.4 Å². The van der Waals surface area contributed by atoms with Crippen LogP contribution in [0.3, 0.4) is 0 Å². The summed E-state index contributed by atoms with van der Waals surface area (Å²) in [7, 11) is 0. The van der Waals surface area contributed by atoms with Crippen molar-refractivity contribution in [2.75, 3.05) is 0 Å². The predicted molar refractivity (Wildman–Crippen MR) is 73.2 cm³/mol. The zero-order chi connectivity index (χ0) is 11.5. The number of rotatable bonds is 3.